The molecular weight excluding hydrogens is 316 g/mol. The molecule has 2 fully saturated rings. The molecule has 1 aromatic rings. The topological polar surface area (TPSA) is 70.6 Å². The van der Waals surface area contributed by atoms with Gasteiger partial charge in [0, 0.05) is 44.2 Å². The van der Waals surface area contributed by atoms with Crippen LogP contribution in [0.2, 0.25) is 0 Å². The number of aliphatic hydroxyl groups is 1. The minimum absolute atomic E-state index is 0.0908. The molecule has 3 rings (SSSR count). The third kappa shape index (κ3) is 4.40. The molecule has 1 aliphatic heterocycles. The molecule has 0 bridgehead atoms. The first-order valence-corrected chi connectivity index (χ1v) is 9.44. The Morgan fingerprint density at radius 2 is 1.80 bits per heavy atom. The molecule has 5 nitrogen and oxygen atoms in total. The molecule has 1 saturated carbocycles. The van der Waals surface area contributed by atoms with Crippen LogP contribution in [0.15, 0.2) is 30.3 Å². The zero-order chi connectivity index (χ0) is 17.8. The molecule has 1 heterocycles. The smallest absolute Gasteiger partial charge is 0.252 e. The molecule has 3 N–H and O–H groups in total. The SMILES string of the molecule is C[C@@H](NC1(CNC(=O)C2(O)CCOCC2)CCCC1)c1ccccc1. The second kappa shape index (κ2) is 7.85. The number of ether oxygens (including phenoxy) is 1. The lowest BCUT2D eigenvalue weighted by molar-refractivity contribution is -0.149. The van der Waals surface area contributed by atoms with Crippen LogP contribution >= 0.6 is 0 Å². The largest absolute Gasteiger partial charge is 0.381 e. The molecule has 0 aromatic heterocycles. The predicted molar refractivity (Wildman–Crippen MR) is 97.2 cm³/mol. The summed E-state index contributed by atoms with van der Waals surface area (Å²) in [5.74, 6) is -0.253. The zero-order valence-corrected chi connectivity index (χ0v) is 15.1. The average molecular weight is 346 g/mol. The van der Waals surface area contributed by atoms with Gasteiger partial charge in [-0.3, -0.25) is 4.79 Å². The monoisotopic (exact) mass is 346 g/mol. The van der Waals surface area contributed by atoms with Crippen LogP contribution in [0.3, 0.4) is 0 Å². The van der Waals surface area contributed by atoms with E-state index in [1.807, 2.05) is 6.07 Å². The highest BCUT2D eigenvalue weighted by Crippen LogP contribution is 2.32. The van der Waals surface area contributed by atoms with E-state index in [9.17, 15) is 9.90 Å². The Labute approximate surface area is 150 Å². The van der Waals surface area contributed by atoms with Crippen molar-refractivity contribution in [3.8, 4) is 0 Å². The molecule has 1 aromatic carbocycles. The van der Waals surface area contributed by atoms with Gasteiger partial charge in [0.05, 0.1) is 0 Å². The minimum atomic E-state index is -1.27. The first-order valence-electron chi connectivity index (χ1n) is 9.44. The van der Waals surface area contributed by atoms with Gasteiger partial charge < -0.3 is 20.5 Å². The van der Waals surface area contributed by atoms with Gasteiger partial charge in [-0.2, -0.15) is 0 Å². The van der Waals surface area contributed by atoms with E-state index < -0.39 is 5.60 Å². The van der Waals surface area contributed by atoms with Crippen LogP contribution in [0.25, 0.3) is 0 Å². The Kier molecular flexibility index (Phi) is 5.77. The molecule has 0 spiro atoms. The summed E-state index contributed by atoms with van der Waals surface area (Å²) in [6, 6.07) is 10.6. The third-order valence-corrected chi connectivity index (χ3v) is 5.71. The van der Waals surface area contributed by atoms with Gasteiger partial charge in [-0.1, -0.05) is 43.2 Å². The standard InChI is InChI=1S/C20H30N2O3/c1-16(17-7-3-2-4-8-17)22-19(9-5-6-10-19)15-21-18(23)20(24)11-13-25-14-12-20/h2-4,7-8,16,22,24H,5-6,9-15H2,1H3,(H,21,23)/t16-/m1/s1. The van der Waals surface area contributed by atoms with Crippen molar-refractivity contribution >= 4 is 5.91 Å². The highest BCUT2D eigenvalue weighted by atomic mass is 16.5. The summed E-state index contributed by atoms with van der Waals surface area (Å²) in [5, 5.41) is 17.3. The number of nitrogens with one attached hydrogen (secondary N) is 2. The van der Waals surface area contributed by atoms with Gasteiger partial charge in [0.2, 0.25) is 0 Å². The fraction of sp³-hybridized carbons (Fsp3) is 0.650. The first-order chi connectivity index (χ1) is 12.0. The number of carbonyl (C=O) groups excluding carboxylic acids is 1. The highest BCUT2D eigenvalue weighted by molar-refractivity contribution is 5.85. The van der Waals surface area contributed by atoms with Gasteiger partial charge in [0.1, 0.15) is 5.60 Å². The van der Waals surface area contributed by atoms with Crippen molar-refractivity contribution in [3.05, 3.63) is 35.9 Å². The van der Waals surface area contributed by atoms with E-state index in [0.29, 0.717) is 32.6 Å². The molecule has 1 amide bonds. The van der Waals surface area contributed by atoms with Crippen LogP contribution in [0.5, 0.6) is 0 Å². The molecule has 0 unspecified atom stereocenters. The predicted octanol–water partition coefficient (Wildman–Crippen LogP) is 2.31. The van der Waals surface area contributed by atoms with Gasteiger partial charge >= 0.3 is 0 Å². The molecule has 138 valence electrons. The van der Waals surface area contributed by atoms with Gasteiger partial charge in [-0.05, 0) is 25.3 Å². The lowest BCUT2D eigenvalue weighted by atomic mass is 9.91. The van der Waals surface area contributed by atoms with Crippen LogP contribution in [0, 0.1) is 0 Å². The van der Waals surface area contributed by atoms with Gasteiger partial charge in [0.25, 0.3) is 5.91 Å². The average Bonchev–Trinajstić information content (AvgIpc) is 3.09. The molecule has 0 radical (unpaired) electrons. The summed E-state index contributed by atoms with van der Waals surface area (Å²) in [6.45, 7) is 3.62. The van der Waals surface area contributed by atoms with Crippen LogP contribution < -0.4 is 10.6 Å². The van der Waals surface area contributed by atoms with E-state index in [4.69, 9.17) is 4.74 Å². The Morgan fingerprint density at radius 3 is 2.44 bits per heavy atom. The summed E-state index contributed by atoms with van der Waals surface area (Å²) in [5.41, 5.74) is -0.113. The van der Waals surface area contributed by atoms with Crippen molar-refractivity contribution in [2.24, 2.45) is 0 Å². The number of amides is 1. The van der Waals surface area contributed by atoms with Crippen LogP contribution in [-0.2, 0) is 9.53 Å². The Hall–Kier alpha value is -1.43. The maximum Gasteiger partial charge on any atom is 0.252 e. The highest BCUT2D eigenvalue weighted by Gasteiger charge is 2.40. The Bertz CT molecular complexity index is 564. The molecule has 1 atom stereocenters. The van der Waals surface area contributed by atoms with Crippen molar-refractivity contribution in [1.82, 2.24) is 10.6 Å². The minimum Gasteiger partial charge on any atom is -0.381 e. The van der Waals surface area contributed by atoms with Crippen molar-refractivity contribution in [1.29, 1.82) is 0 Å². The summed E-state index contributed by atoms with van der Waals surface area (Å²) in [4.78, 5) is 12.5. The van der Waals surface area contributed by atoms with Crippen molar-refractivity contribution < 1.29 is 14.6 Å². The fourth-order valence-corrected chi connectivity index (χ4v) is 4.06. The second-order valence-electron chi connectivity index (χ2n) is 7.59. The molecule has 1 aliphatic carbocycles. The van der Waals surface area contributed by atoms with Crippen molar-refractivity contribution in [2.45, 2.75) is 62.6 Å². The van der Waals surface area contributed by atoms with Crippen molar-refractivity contribution in [3.63, 3.8) is 0 Å². The Balaban J connectivity index is 1.61. The van der Waals surface area contributed by atoms with Crippen LogP contribution in [-0.4, -0.2) is 41.9 Å². The van der Waals surface area contributed by atoms with E-state index in [2.05, 4.69) is 41.8 Å². The summed E-state index contributed by atoms with van der Waals surface area (Å²) in [7, 11) is 0. The molecular formula is C20H30N2O3. The molecule has 2 aliphatic rings. The maximum absolute atomic E-state index is 12.5. The van der Waals surface area contributed by atoms with E-state index in [1.165, 1.54) is 18.4 Å². The number of rotatable bonds is 6. The van der Waals surface area contributed by atoms with E-state index in [1.54, 1.807) is 0 Å². The molecule has 1 saturated heterocycles. The summed E-state index contributed by atoms with van der Waals surface area (Å²) in [6.07, 6.45) is 5.18. The summed E-state index contributed by atoms with van der Waals surface area (Å²) >= 11 is 0. The lowest BCUT2D eigenvalue weighted by Crippen LogP contribution is -2.57. The first kappa shape index (κ1) is 18.4. The number of hydrogen-bond donors (Lipinski definition) is 3. The van der Waals surface area contributed by atoms with Gasteiger partial charge in [-0.15, -0.1) is 0 Å². The Morgan fingerprint density at radius 1 is 1.16 bits per heavy atom. The molecule has 5 heteroatoms. The number of benzene rings is 1. The van der Waals surface area contributed by atoms with Crippen LogP contribution in [0.1, 0.15) is 57.1 Å². The number of hydrogen-bond acceptors (Lipinski definition) is 4. The zero-order valence-electron chi connectivity index (χ0n) is 15.1. The maximum atomic E-state index is 12.5. The fourth-order valence-electron chi connectivity index (χ4n) is 4.06. The number of carbonyl (C=O) groups is 1. The van der Waals surface area contributed by atoms with E-state index in [0.717, 1.165) is 12.8 Å². The van der Waals surface area contributed by atoms with Crippen LogP contribution in [0.4, 0.5) is 0 Å². The van der Waals surface area contributed by atoms with Gasteiger partial charge in [-0.25, -0.2) is 0 Å². The van der Waals surface area contributed by atoms with E-state index >= 15 is 0 Å². The van der Waals surface area contributed by atoms with E-state index in [-0.39, 0.29) is 17.5 Å². The second-order valence-corrected chi connectivity index (χ2v) is 7.59. The summed E-state index contributed by atoms with van der Waals surface area (Å²) < 4.78 is 5.26. The lowest BCUT2D eigenvalue weighted by Gasteiger charge is -2.36. The molecule has 25 heavy (non-hydrogen) atoms. The van der Waals surface area contributed by atoms with Gasteiger partial charge in [0.15, 0.2) is 0 Å². The third-order valence-electron chi connectivity index (χ3n) is 5.71. The quantitative estimate of drug-likeness (QED) is 0.739. The normalized spacial score (nSPS) is 23.1. The van der Waals surface area contributed by atoms with Crippen molar-refractivity contribution in [2.75, 3.05) is 19.8 Å².